The number of benzene rings is 2. The van der Waals surface area contributed by atoms with Crippen LogP contribution in [0, 0.1) is 0 Å². The van der Waals surface area contributed by atoms with E-state index in [1.807, 2.05) is 0 Å². The minimum Gasteiger partial charge on any atom is -0.365 e. The average molecular weight is 387 g/mol. The van der Waals surface area contributed by atoms with Crippen LogP contribution >= 0.6 is 0 Å². The van der Waals surface area contributed by atoms with Crippen molar-refractivity contribution in [2.75, 3.05) is 6.54 Å². The van der Waals surface area contributed by atoms with Crippen LogP contribution in [0.25, 0.3) is 17.0 Å². The minimum atomic E-state index is -0.172. The monoisotopic (exact) mass is 386 g/mol. The summed E-state index contributed by atoms with van der Waals surface area (Å²) in [5, 5.41) is 7.84. The predicted octanol–water partition coefficient (Wildman–Crippen LogP) is 4.84. The second-order valence-corrected chi connectivity index (χ2v) is 8.48. The second kappa shape index (κ2) is 7.88. The van der Waals surface area contributed by atoms with Gasteiger partial charge in [0, 0.05) is 23.7 Å². The SMILES string of the molecule is C=C(c1cc(-c2ccccc2Cc2ccccc2)n[nH]1)N1CC(C)(N)CC1CC. The summed E-state index contributed by atoms with van der Waals surface area (Å²) in [6, 6.07) is 21.6. The van der Waals surface area contributed by atoms with Crippen LogP contribution in [0.1, 0.15) is 43.5 Å². The van der Waals surface area contributed by atoms with Gasteiger partial charge in [-0.3, -0.25) is 5.10 Å². The first-order valence-corrected chi connectivity index (χ1v) is 10.4. The van der Waals surface area contributed by atoms with E-state index in [9.17, 15) is 0 Å². The molecule has 0 spiro atoms. The molecule has 2 atom stereocenters. The molecule has 29 heavy (non-hydrogen) atoms. The third kappa shape index (κ3) is 4.13. The highest BCUT2D eigenvalue weighted by Crippen LogP contribution is 2.34. The molecule has 4 nitrogen and oxygen atoms in total. The molecule has 0 bridgehead atoms. The van der Waals surface area contributed by atoms with Crippen LogP contribution in [-0.2, 0) is 6.42 Å². The second-order valence-electron chi connectivity index (χ2n) is 8.48. The van der Waals surface area contributed by atoms with E-state index in [0.717, 1.165) is 48.5 Å². The van der Waals surface area contributed by atoms with E-state index >= 15 is 0 Å². The maximum atomic E-state index is 6.43. The Kier molecular flexibility index (Phi) is 5.29. The minimum absolute atomic E-state index is 0.172. The van der Waals surface area contributed by atoms with Crippen LogP contribution in [0.3, 0.4) is 0 Å². The van der Waals surface area contributed by atoms with Gasteiger partial charge in [-0.1, -0.05) is 68.1 Å². The highest BCUT2D eigenvalue weighted by molar-refractivity contribution is 5.69. The van der Waals surface area contributed by atoms with Crippen molar-refractivity contribution < 1.29 is 0 Å². The number of nitrogens with one attached hydrogen (secondary N) is 1. The van der Waals surface area contributed by atoms with Crippen molar-refractivity contribution in [1.29, 1.82) is 0 Å². The first-order valence-electron chi connectivity index (χ1n) is 10.4. The summed E-state index contributed by atoms with van der Waals surface area (Å²) in [4.78, 5) is 2.34. The standard InChI is InChI=1S/C25H30N4/c1-4-21-16-25(3,26)17-29(21)18(2)23-15-24(28-27-23)22-13-9-8-12-20(22)14-19-10-6-5-7-11-19/h5-13,15,21H,2,4,14,16-17,26H2,1,3H3,(H,27,28). The van der Waals surface area contributed by atoms with Crippen LogP contribution in [0.15, 0.2) is 67.2 Å². The largest absolute Gasteiger partial charge is 0.365 e. The van der Waals surface area contributed by atoms with Crippen molar-refractivity contribution in [2.45, 2.75) is 44.7 Å². The molecule has 3 N–H and O–H groups in total. The summed E-state index contributed by atoms with van der Waals surface area (Å²) in [6.07, 6.45) is 2.94. The fraction of sp³-hybridized carbons (Fsp3) is 0.320. The molecule has 0 radical (unpaired) electrons. The van der Waals surface area contributed by atoms with Gasteiger partial charge < -0.3 is 10.6 Å². The number of aromatic nitrogens is 2. The van der Waals surface area contributed by atoms with E-state index in [1.165, 1.54) is 11.1 Å². The van der Waals surface area contributed by atoms with Gasteiger partial charge in [-0.2, -0.15) is 5.10 Å². The highest BCUT2D eigenvalue weighted by atomic mass is 15.2. The average Bonchev–Trinajstić information content (AvgIpc) is 3.33. The zero-order chi connectivity index (χ0) is 20.4. The van der Waals surface area contributed by atoms with Gasteiger partial charge >= 0.3 is 0 Å². The molecule has 4 heteroatoms. The van der Waals surface area contributed by atoms with Crippen molar-refractivity contribution in [3.63, 3.8) is 0 Å². The molecule has 0 amide bonds. The Balaban J connectivity index is 1.59. The lowest BCUT2D eigenvalue weighted by atomic mass is 9.98. The number of hydrogen-bond acceptors (Lipinski definition) is 3. The summed E-state index contributed by atoms with van der Waals surface area (Å²) >= 11 is 0. The van der Waals surface area contributed by atoms with Gasteiger partial charge in [0.2, 0.25) is 0 Å². The Bertz CT molecular complexity index is 987. The predicted molar refractivity (Wildman–Crippen MR) is 120 cm³/mol. The summed E-state index contributed by atoms with van der Waals surface area (Å²) in [6.45, 7) is 9.53. The third-order valence-electron chi connectivity index (χ3n) is 5.91. The van der Waals surface area contributed by atoms with Gasteiger partial charge in [-0.05, 0) is 43.4 Å². The van der Waals surface area contributed by atoms with E-state index in [0.29, 0.717) is 6.04 Å². The molecule has 4 rings (SSSR count). The van der Waals surface area contributed by atoms with Crippen molar-refractivity contribution in [3.8, 4) is 11.3 Å². The number of aromatic amines is 1. The third-order valence-corrected chi connectivity index (χ3v) is 5.91. The van der Waals surface area contributed by atoms with Crippen molar-refractivity contribution in [1.82, 2.24) is 15.1 Å². The van der Waals surface area contributed by atoms with E-state index in [2.05, 4.69) is 96.2 Å². The Morgan fingerprint density at radius 2 is 1.93 bits per heavy atom. The first kappa shape index (κ1) is 19.5. The number of rotatable bonds is 6. The molecule has 0 saturated carbocycles. The lowest BCUT2D eigenvalue weighted by Gasteiger charge is -2.27. The Hall–Kier alpha value is -2.85. The summed E-state index contributed by atoms with van der Waals surface area (Å²) in [7, 11) is 0. The molecular formula is C25H30N4. The Morgan fingerprint density at radius 1 is 1.21 bits per heavy atom. The molecule has 2 aromatic carbocycles. The molecule has 0 aliphatic carbocycles. The lowest BCUT2D eigenvalue weighted by molar-refractivity contribution is 0.356. The normalized spacial score (nSPS) is 21.5. The first-order chi connectivity index (χ1) is 14.0. The molecule has 1 saturated heterocycles. The molecule has 1 aromatic heterocycles. The van der Waals surface area contributed by atoms with Gasteiger partial charge in [0.25, 0.3) is 0 Å². The van der Waals surface area contributed by atoms with Gasteiger partial charge in [-0.25, -0.2) is 0 Å². The Morgan fingerprint density at radius 3 is 2.69 bits per heavy atom. The number of nitrogens with zero attached hydrogens (tertiary/aromatic N) is 2. The van der Waals surface area contributed by atoms with Gasteiger partial charge in [0.05, 0.1) is 17.1 Å². The highest BCUT2D eigenvalue weighted by Gasteiger charge is 2.38. The smallest absolute Gasteiger partial charge is 0.0930 e. The topological polar surface area (TPSA) is 57.9 Å². The molecular weight excluding hydrogens is 356 g/mol. The molecule has 1 aliphatic rings. The fourth-order valence-corrected chi connectivity index (χ4v) is 4.41. The van der Waals surface area contributed by atoms with Crippen molar-refractivity contribution >= 4 is 5.70 Å². The van der Waals surface area contributed by atoms with Crippen molar-refractivity contribution in [2.24, 2.45) is 5.73 Å². The number of hydrogen-bond donors (Lipinski definition) is 2. The summed E-state index contributed by atoms with van der Waals surface area (Å²) in [5.41, 5.74) is 12.9. The molecule has 3 aromatic rings. The van der Waals surface area contributed by atoms with Gasteiger partial charge in [-0.15, -0.1) is 0 Å². The van der Waals surface area contributed by atoms with Crippen LogP contribution in [0.2, 0.25) is 0 Å². The zero-order valence-electron chi connectivity index (χ0n) is 17.4. The molecule has 2 heterocycles. The van der Waals surface area contributed by atoms with Crippen molar-refractivity contribution in [3.05, 3.63) is 84.1 Å². The van der Waals surface area contributed by atoms with Gasteiger partial charge in [0.1, 0.15) is 0 Å². The van der Waals surface area contributed by atoms with Gasteiger partial charge in [0.15, 0.2) is 0 Å². The summed E-state index contributed by atoms with van der Waals surface area (Å²) in [5.74, 6) is 0. The number of nitrogens with two attached hydrogens (primary N) is 1. The zero-order valence-corrected chi connectivity index (χ0v) is 17.4. The number of H-pyrrole nitrogens is 1. The van der Waals surface area contributed by atoms with E-state index in [1.54, 1.807) is 0 Å². The van der Waals surface area contributed by atoms with Crippen LogP contribution in [0.5, 0.6) is 0 Å². The van der Waals surface area contributed by atoms with Crippen LogP contribution in [-0.4, -0.2) is 33.2 Å². The molecule has 2 unspecified atom stereocenters. The van der Waals surface area contributed by atoms with Crippen LogP contribution < -0.4 is 5.73 Å². The maximum absolute atomic E-state index is 6.43. The fourth-order valence-electron chi connectivity index (χ4n) is 4.41. The number of likely N-dealkylation sites (tertiary alicyclic amines) is 1. The summed E-state index contributed by atoms with van der Waals surface area (Å²) < 4.78 is 0. The van der Waals surface area contributed by atoms with E-state index in [4.69, 9.17) is 5.73 Å². The molecule has 150 valence electrons. The molecule has 1 fully saturated rings. The molecule has 1 aliphatic heterocycles. The van der Waals surface area contributed by atoms with Crippen LogP contribution in [0.4, 0.5) is 0 Å². The lowest BCUT2D eigenvalue weighted by Crippen LogP contribution is -2.38. The maximum Gasteiger partial charge on any atom is 0.0930 e. The Labute approximate surface area is 173 Å². The quantitative estimate of drug-likeness (QED) is 0.637. The van der Waals surface area contributed by atoms with E-state index < -0.39 is 0 Å². The van der Waals surface area contributed by atoms with E-state index in [-0.39, 0.29) is 5.54 Å².